The van der Waals surface area contributed by atoms with Gasteiger partial charge in [0.1, 0.15) is 0 Å². The third-order valence-electron chi connectivity index (χ3n) is 6.14. The minimum atomic E-state index is -3.44. The summed E-state index contributed by atoms with van der Waals surface area (Å²) >= 11 is 0. The van der Waals surface area contributed by atoms with Crippen molar-refractivity contribution in [3.63, 3.8) is 0 Å². The Balaban J connectivity index is 1.50. The van der Waals surface area contributed by atoms with E-state index in [0.29, 0.717) is 6.42 Å². The topological polar surface area (TPSA) is 77.9 Å². The Morgan fingerprint density at radius 3 is 2.45 bits per heavy atom. The normalized spacial score (nSPS) is 23.5. The number of carbonyl (C=O) groups excluding carboxylic acids is 1. The molecule has 0 aliphatic carbocycles. The van der Waals surface area contributed by atoms with Gasteiger partial charge in [0.2, 0.25) is 15.9 Å². The van der Waals surface area contributed by atoms with E-state index in [1.54, 1.807) is 11.8 Å². The zero-order valence-corrected chi connectivity index (χ0v) is 18.3. The van der Waals surface area contributed by atoms with Crippen molar-refractivity contribution in [2.24, 2.45) is 0 Å². The molecule has 2 aromatic rings. The smallest absolute Gasteiger partial charge is 0.238 e. The molecule has 1 N–H and O–H groups in total. The SMILES string of the molecule is CCS(=O)(=O)N1CC(=O)N2[C@H](CO)[C@@H](c3ccc(C#CCc4ccccc4)cc3)[C@H]2C1. The number of aliphatic hydroxyl groups excluding tert-OH is 1. The highest BCUT2D eigenvalue weighted by Crippen LogP contribution is 2.43. The summed E-state index contributed by atoms with van der Waals surface area (Å²) in [5, 5.41) is 9.88. The number of amides is 1. The second-order valence-corrected chi connectivity index (χ2v) is 10.2. The maximum absolute atomic E-state index is 12.6. The highest BCUT2D eigenvalue weighted by molar-refractivity contribution is 7.89. The van der Waals surface area contributed by atoms with Crippen LogP contribution >= 0.6 is 0 Å². The van der Waals surface area contributed by atoms with Crippen LogP contribution in [0.3, 0.4) is 0 Å². The quantitative estimate of drug-likeness (QED) is 0.720. The molecule has 0 unspecified atom stereocenters. The molecule has 0 bridgehead atoms. The summed E-state index contributed by atoms with van der Waals surface area (Å²) in [5.74, 6) is 5.97. The van der Waals surface area contributed by atoms with E-state index in [4.69, 9.17) is 0 Å². The van der Waals surface area contributed by atoms with E-state index < -0.39 is 10.0 Å². The minimum absolute atomic E-state index is 0.0303. The predicted octanol–water partition coefficient (Wildman–Crippen LogP) is 1.60. The Bertz CT molecular complexity index is 1100. The molecule has 6 nitrogen and oxygen atoms in total. The number of hydrogen-bond donors (Lipinski definition) is 1. The molecule has 2 aliphatic heterocycles. The Morgan fingerprint density at radius 1 is 1.10 bits per heavy atom. The highest BCUT2D eigenvalue weighted by atomic mass is 32.2. The van der Waals surface area contributed by atoms with Crippen LogP contribution in [0.5, 0.6) is 0 Å². The number of fused-ring (bicyclic) bond motifs is 1. The predicted molar refractivity (Wildman–Crippen MR) is 119 cm³/mol. The van der Waals surface area contributed by atoms with Crippen LogP contribution in [0.1, 0.15) is 29.5 Å². The Labute approximate surface area is 183 Å². The summed E-state index contributed by atoms with van der Waals surface area (Å²) in [6.07, 6.45) is 0.679. The van der Waals surface area contributed by atoms with E-state index in [-0.39, 0.29) is 49.4 Å². The zero-order chi connectivity index (χ0) is 22.0. The molecule has 7 heteroatoms. The van der Waals surface area contributed by atoms with Gasteiger partial charge in [-0.1, -0.05) is 54.3 Å². The van der Waals surface area contributed by atoms with Gasteiger partial charge in [0.25, 0.3) is 0 Å². The van der Waals surface area contributed by atoms with E-state index in [9.17, 15) is 18.3 Å². The molecule has 3 atom stereocenters. The van der Waals surface area contributed by atoms with Crippen LogP contribution in [0.4, 0.5) is 0 Å². The highest BCUT2D eigenvalue weighted by Gasteiger charge is 2.55. The Morgan fingerprint density at radius 2 is 1.81 bits per heavy atom. The first-order chi connectivity index (χ1) is 14.9. The lowest BCUT2D eigenvalue weighted by molar-refractivity contribution is -0.158. The lowest BCUT2D eigenvalue weighted by Crippen LogP contribution is -2.73. The third-order valence-corrected chi connectivity index (χ3v) is 7.94. The summed E-state index contributed by atoms with van der Waals surface area (Å²) in [7, 11) is -3.44. The van der Waals surface area contributed by atoms with Crippen molar-refractivity contribution in [1.82, 2.24) is 9.21 Å². The van der Waals surface area contributed by atoms with Crippen molar-refractivity contribution in [3.05, 3.63) is 71.3 Å². The molecular weight excluding hydrogens is 412 g/mol. The van der Waals surface area contributed by atoms with Crippen molar-refractivity contribution >= 4 is 15.9 Å². The standard InChI is InChI=1S/C24H26N2O4S/c1-2-31(29,30)25-15-21-24(22(17-27)26(21)23(28)16-25)20-13-11-19(12-14-20)10-6-9-18-7-4-3-5-8-18/h3-5,7-8,11-14,21-22,24,27H,2,9,15-17H2,1H3/t21-,22-,24+/m1/s1. The van der Waals surface area contributed by atoms with Crippen molar-refractivity contribution in [2.45, 2.75) is 31.3 Å². The molecule has 2 aliphatic rings. The van der Waals surface area contributed by atoms with Gasteiger partial charge in [0, 0.05) is 24.4 Å². The number of aliphatic hydroxyl groups is 1. The number of benzene rings is 2. The summed E-state index contributed by atoms with van der Waals surface area (Å²) in [6.45, 7) is 1.55. The first kappa shape index (κ1) is 21.6. The van der Waals surface area contributed by atoms with Crippen LogP contribution in [0.15, 0.2) is 54.6 Å². The van der Waals surface area contributed by atoms with Crippen LogP contribution in [0.25, 0.3) is 0 Å². The zero-order valence-electron chi connectivity index (χ0n) is 17.4. The molecule has 0 spiro atoms. The van der Waals surface area contributed by atoms with Crippen LogP contribution in [0, 0.1) is 11.8 Å². The van der Waals surface area contributed by atoms with Gasteiger partial charge in [-0.05, 0) is 30.2 Å². The molecule has 0 radical (unpaired) electrons. The van der Waals surface area contributed by atoms with Crippen molar-refractivity contribution in [1.29, 1.82) is 0 Å². The average Bonchev–Trinajstić information content (AvgIpc) is 2.77. The number of rotatable bonds is 5. The second kappa shape index (κ2) is 8.83. The van der Waals surface area contributed by atoms with Crippen molar-refractivity contribution in [3.8, 4) is 11.8 Å². The van der Waals surface area contributed by atoms with Gasteiger partial charge in [-0.15, -0.1) is 0 Å². The van der Waals surface area contributed by atoms with Gasteiger partial charge in [-0.2, -0.15) is 4.31 Å². The van der Waals surface area contributed by atoms with Gasteiger partial charge in [0.15, 0.2) is 0 Å². The van der Waals surface area contributed by atoms with E-state index >= 15 is 0 Å². The largest absolute Gasteiger partial charge is 0.394 e. The fraction of sp³-hybridized carbons (Fsp3) is 0.375. The Kier molecular flexibility index (Phi) is 6.15. The molecule has 31 heavy (non-hydrogen) atoms. The van der Waals surface area contributed by atoms with Crippen LogP contribution in [-0.4, -0.2) is 66.2 Å². The van der Waals surface area contributed by atoms with E-state index in [0.717, 1.165) is 11.1 Å². The maximum atomic E-state index is 12.6. The van der Waals surface area contributed by atoms with Crippen LogP contribution in [-0.2, 0) is 21.2 Å². The van der Waals surface area contributed by atoms with Gasteiger partial charge in [-0.25, -0.2) is 8.42 Å². The minimum Gasteiger partial charge on any atom is -0.394 e. The number of carbonyl (C=O) groups is 1. The van der Waals surface area contributed by atoms with Gasteiger partial charge in [-0.3, -0.25) is 4.79 Å². The average molecular weight is 439 g/mol. The molecular formula is C24H26N2O4S. The summed E-state index contributed by atoms with van der Waals surface area (Å²) in [4.78, 5) is 14.2. The number of hydrogen-bond acceptors (Lipinski definition) is 4. The molecule has 0 aromatic heterocycles. The van der Waals surface area contributed by atoms with E-state index in [1.165, 1.54) is 9.87 Å². The lowest BCUT2D eigenvalue weighted by atomic mass is 9.74. The van der Waals surface area contributed by atoms with E-state index in [2.05, 4.69) is 11.8 Å². The molecule has 2 saturated heterocycles. The summed E-state index contributed by atoms with van der Waals surface area (Å²) < 4.78 is 25.9. The molecule has 1 amide bonds. The molecule has 162 valence electrons. The molecule has 0 saturated carbocycles. The van der Waals surface area contributed by atoms with Gasteiger partial charge in [0.05, 0.1) is 31.0 Å². The van der Waals surface area contributed by atoms with Crippen molar-refractivity contribution < 1.29 is 18.3 Å². The maximum Gasteiger partial charge on any atom is 0.238 e. The van der Waals surface area contributed by atoms with Gasteiger partial charge >= 0.3 is 0 Å². The fourth-order valence-electron chi connectivity index (χ4n) is 4.50. The monoisotopic (exact) mass is 438 g/mol. The second-order valence-electron chi connectivity index (χ2n) is 7.92. The van der Waals surface area contributed by atoms with Crippen LogP contribution in [0.2, 0.25) is 0 Å². The molecule has 2 aromatic carbocycles. The van der Waals surface area contributed by atoms with Gasteiger partial charge < -0.3 is 10.0 Å². The third kappa shape index (κ3) is 4.24. The molecule has 4 rings (SSSR count). The lowest BCUT2D eigenvalue weighted by Gasteiger charge is -2.58. The van der Waals surface area contributed by atoms with Crippen molar-refractivity contribution in [2.75, 3.05) is 25.4 Å². The summed E-state index contributed by atoms with van der Waals surface area (Å²) in [5.41, 5.74) is 3.05. The number of piperazine rings is 1. The summed E-state index contributed by atoms with van der Waals surface area (Å²) in [6, 6.07) is 17.3. The number of sulfonamides is 1. The van der Waals surface area contributed by atoms with Crippen LogP contribution < -0.4 is 0 Å². The first-order valence-electron chi connectivity index (χ1n) is 10.5. The molecule has 2 fully saturated rings. The van der Waals surface area contributed by atoms with E-state index in [1.807, 2.05) is 54.6 Å². The Hall–Kier alpha value is -2.66. The molecule has 2 heterocycles. The fourth-order valence-corrected chi connectivity index (χ4v) is 5.55. The number of nitrogens with zero attached hydrogens (tertiary/aromatic N) is 2. The first-order valence-corrected chi connectivity index (χ1v) is 12.1.